The molecule has 3 aromatic rings. The molecule has 2 heterocycles. The molecule has 0 spiro atoms. The predicted octanol–water partition coefficient (Wildman–Crippen LogP) is 2.22. The average Bonchev–Trinajstić information content (AvgIpc) is 3.21. The fourth-order valence-electron chi connectivity index (χ4n) is 2.31. The van der Waals surface area contributed by atoms with Gasteiger partial charge in [-0.2, -0.15) is 4.68 Å². The summed E-state index contributed by atoms with van der Waals surface area (Å²) in [4.78, 5) is 4.50. The maximum Gasteiger partial charge on any atom is 0.170 e. The molecule has 0 aliphatic heterocycles. The zero-order valence-electron chi connectivity index (χ0n) is 11.2. The van der Waals surface area contributed by atoms with E-state index in [0.29, 0.717) is 12.6 Å². The second-order valence-corrected chi connectivity index (χ2v) is 6.08. The van der Waals surface area contributed by atoms with Crippen molar-refractivity contribution in [3.05, 3.63) is 40.8 Å². The summed E-state index contributed by atoms with van der Waals surface area (Å²) in [6.45, 7) is 0.671. The number of fused-ring (bicyclic) bond motifs is 1. The maximum atomic E-state index is 4.50. The van der Waals surface area contributed by atoms with Gasteiger partial charge in [0.05, 0.1) is 17.7 Å². The zero-order chi connectivity index (χ0) is 14.2. The molecule has 1 aromatic carbocycles. The summed E-state index contributed by atoms with van der Waals surface area (Å²) < 4.78 is 2.72. The minimum absolute atomic E-state index is 0.622. The van der Waals surface area contributed by atoms with Gasteiger partial charge in [0.2, 0.25) is 0 Å². The number of tetrazole rings is 1. The molecule has 7 heteroatoms. The van der Waals surface area contributed by atoms with Crippen molar-refractivity contribution in [3.8, 4) is 5.69 Å². The van der Waals surface area contributed by atoms with E-state index in [4.69, 9.17) is 0 Å². The van der Waals surface area contributed by atoms with Gasteiger partial charge in [-0.25, -0.2) is 0 Å². The van der Waals surface area contributed by atoms with Crippen LogP contribution in [0.15, 0.2) is 34.9 Å². The average molecular weight is 345 g/mol. The Morgan fingerprint density at radius 1 is 1.33 bits per heavy atom. The molecule has 21 heavy (non-hydrogen) atoms. The maximum absolute atomic E-state index is 4.50. The molecule has 1 fully saturated rings. The Morgan fingerprint density at radius 3 is 3.10 bits per heavy atom. The van der Waals surface area contributed by atoms with Crippen LogP contribution in [0.1, 0.15) is 18.7 Å². The lowest BCUT2D eigenvalue weighted by atomic mass is 10.2. The van der Waals surface area contributed by atoms with Crippen LogP contribution < -0.4 is 5.32 Å². The Labute approximate surface area is 129 Å². The number of halogens is 1. The zero-order valence-corrected chi connectivity index (χ0v) is 12.8. The van der Waals surface area contributed by atoms with Gasteiger partial charge in [0.15, 0.2) is 5.82 Å². The number of pyridine rings is 1. The van der Waals surface area contributed by atoms with Gasteiger partial charge in [0.1, 0.15) is 0 Å². The second-order valence-electron chi connectivity index (χ2n) is 5.16. The first-order valence-electron chi connectivity index (χ1n) is 6.86. The Bertz CT molecular complexity index is 795. The number of nitrogens with one attached hydrogen (secondary N) is 1. The Kier molecular flexibility index (Phi) is 3.16. The van der Waals surface area contributed by atoms with Crippen molar-refractivity contribution in [2.45, 2.75) is 25.4 Å². The van der Waals surface area contributed by atoms with E-state index in [1.807, 2.05) is 24.3 Å². The molecule has 1 saturated carbocycles. The fourth-order valence-corrected chi connectivity index (χ4v) is 2.66. The van der Waals surface area contributed by atoms with Crippen molar-refractivity contribution in [3.63, 3.8) is 0 Å². The van der Waals surface area contributed by atoms with Crippen LogP contribution in [-0.4, -0.2) is 31.2 Å². The summed E-state index contributed by atoms with van der Waals surface area (Å²) in [7, 11) is 0. The molecule has 4 rings (SSSR count). The molecule has 0 atom stereocenters. The lowest BCUT2D eigenvalue weighted by Crippen LogP contribution is -2.19. The SMILES string of the molecule is Brc1cnc2c(-n3nnnc3CNC3CC3)cccc2c1. The van der Waals surface area contributed by atoms with E-state index >= 15 is 0 Å². The third-order valence-corrected chi connectivity index (χ3v) is 3.98. The van der Waals surface area contributed by atoms with Crippen molar-refractivity contribution in [1.82, 2.24) is 30.5 Å². The summed E-state index contributed by atoms with van der Waals surface area (Å²) in [6.07, 6.45) is 4.27. The van der Waals surface area contributed by atoms with Crippen LogP contribution in [0.2, 0.25) is 0 Å². The smallest absolute Gasteiger partial charge is 0.170 e. The van der Waals surface area contributed by atoms with Crippen molar-refractivity contribution in [1.29, 1.82) is 0 Å². The number of benzene rings is 1. The van der Waals surface area contributed by atoms with E-state index in [0.717, 1.165) is 26.9 Å². The topological polar surface area (TPSA) is 68.5 Å². The molecule has 0 saturated heterocycles. The van der Waals surface area contributed by atoms with E-state index in [9.17, 15) is 0 Å². The van der Waals surface area contributed by atoms with Crippen LogP contribution in [0.25, 0.3) is 16.6 Å². The number of rotatable bonds is 4. The largest absolute Gasteiger partial charge is 0.307 e. The third kappa shape index (κ3) is 2.54. The number of nitrogens with zero attached hydrogens (tertiary/aromatic N) is 5. The van der Waals surface area contributed by atoms with Crippen LogP contribution in [0.5, 0.6) is 0 Å². The Morgan fingerprint density at radius 2 is 2.24 bits per heavy atom. The van der Waals surface area contributed by atoms with Gasteiger partial charge >= 0.3 is 0 Å². The molecule has 106 valence electrons. The Balaban J connectivity index is 1.77. The lowest BCUT2D eigenvalue weighted by Gasteiger charge is -2.08. The van der Waals surface area contributed by atoms with Crippen LogP contribution in [0.4, 0.5) is 0 Å². The van der Waals surface area contributed by atoms with Crippen LogP contribution in [0.3, 0.4) is 0 Å². The van der Waals surface area contributed by atoms with Crippen molar-refractivity contribution in [2.24, 2.45) is 0 Å². The number of hydrogen-bond donors (Lipinski definition) is 1. The summed E-state index contributed by atoms with van der Waals surface area (Å²) in [6, 6.07) is 8.67. The standard InChI is InChI=1S/C14H13BrN6/c15-10-6-9-2-1-3-12(14(9)17-7-10)21-13(18-19-20-21)8-16-11-4-5-11/h1-3,6-7,11,16H,4-5,8H2. The van der Waals surface area contributed by atoms with Crippen molar-refractivity contribution >= 4 is 26.8 Å². The van der Waals surface area contributed by atoms with Gasteiger partial charge < -0.3 is 5.32 Å². The van der Waals surface area contributed by atoms with Crippen molar-refractivity contribution in [2.75, 3.05) is 0 Å². The van der Waals surface area contributed by atoms with E-state index in [1.165, 1.54) is 12.8 Å². The number of hydrogen-bond acceptors (Lipinski definition) is 5. The van der Waals surface area contributed by atoms with E-state index < -0.39 is 0 Å². The first kappa shape index (κ1) is 12.8. The highest BCUT2D eigenvalue weighted by Crippen LogP contribution is 2.23. The summed E-state index contributed by atoms with van der Waals surface area (Å²) in [5.41, 5.74) is 1.79. The summed E-state index contributed by atoms with van der Waals surface area (Å²) in [5.74, 6) is 0.805. The lowest BCUT2D eigenvalue weighted by molar-refractivity contribution is 0.638. The molecule has 1 N–H and O–H groups in total. The molecular weight excluding hydrogens is 332 g/mol. The summed E-state index contributed by atoms with van der Waals surface area (Å²) >= 11 is 3.45. The molecule has 6 nitrogen and oxygen atoms in total. The quantitative estimate of drug-likeness (QED) is 0.785. The van der Waals surface area contributed by atoms with Gasteiger partial charge in [-0.15, -0.1) is 5.10 Å². The fraction of sp³-hybridized carbons (Fsp3) is 0.286. The highest BCUT2D eigenvalue weighted by atomic mass is 79.9. The normalized spacial score (nSPS) is 14.7. The Hall–Kier alpha value is -1.86. The molecule has 1 aliphatic carbocycles. The second kappa shape index (κ2) is 5.16. The third-order valence-electron chi connectivity index (χ3n) is 3.54. The van der Waals surface area contributed by atoms with Gasteiger partial charge in [-0.1, -0.05) is 12.1 Å². The monoisotopic (exact) mass is 344 g/mol. The van der Waals surface area contributed by atoms with Crippen molar-refractivity contribution < 1.29 is 0 Å². The van der Waals surface area contributed by atoms with Gasteiger partial charge in [-0.05, 0) is 51.3 Å². The highest BCUT2D eigenvalue weighted by molar-refractivity contribution is 9.10. The van der Waals surface area contributed by atoms with E-state index in [1.54, 1.807) is 10.9 Å². The molecule has 0 amide bonds. The summed E-state index contributed by atoms with van der Waals surface area (Å²) in [5, 5.41) is 16.5. The van der Waals surface area contributed by atoms with Gasteiger partial charge in [0.25, 0.3) is 0 Å². The van der Waals surface area contributed by atoms with Gasteiger partial charge in [0, 0.05) is 22.1 Å². The van der Waals surface area contributed by atoms with E-state index in [-0.39, 0.29) is 0 Å². The van der Waals surface area contributed by atoms with E-state index in [2.05, 4.69) is 41.8 Å². The first-order valence-corrected chi connectivity index (χ1v) is 7.66. The van der Waals surface area contributed by atoms with Crippen LogP contribution >= 0.6 is 15.9 Å². The molecule has 0 unspecified atom stereocenters. The molecule has 0 radical (unpaired) electrons. The first-order chi connectivity index (χ1) is 10.3. The molecule has 0 bridgehead atoms. The molecule has 2 aromatic heterocycles. The minimum Gasteiger partial charge on any atom is -0.307 e. The highest BCUT2D eigenvalue weighted by Gasteiger charge is 2.21. The molecule has 1 aliphatic rings. The number of aromatic nitrogens is 5. The minimum atomic E-state index is 0.622. The molecular formula is C14H13BrN6. The number of para-hydroxylation sites is 1. The van der Waals surface area contributed by atoms with Crippen LogP contribution in [-0.2, 0) is 6.54 Å². The predicted molar refractivity (Wildman–Crippen MR) is 82.0 cm³/mol. The van der Waals surface area contributed by atoms with Gasteiger partial charge in [-0.3, -0.25) is 4.98 Å². The van der Waals surface area contributed by atoms with Crippen LogP contribution in [0, 0.1) is 0 Å².